The number of β-lactam (4-membered cyclic amide) rings is 1. The molecular weight excluding hydrogens is 515 g/mol. The van der Waals surface area contributed by atoms with Crippen LogP contribution in [-0.2, 0) is 19.2 Å². The number of carboxylic acid groups (broad SMARTS) is 1. The highest BCUT2D eigenvalue weighted by atomic mass is 35.5. The van der Waals surface area contributed by atoms with Gasteiger partial charge in [0.05, 0.1) is 5.02 Å². The Labute approximate surface area is 215 Å². The minimum absolute atomic E-state index is 0.177. The first-order chi connectivity index (χ1) is 16.4. The summed E-state index contributed by atoms with van der Waals surface area (Å²) in [4.78, 5) is 52.8. The summed E-state index contributed by atoms with van der Waals surface area (Å²) in [5, 5.41) is 12.0. The van der Waals surface area contributed by atoms with E-state index in [1.54, 1.807) is 50.2 Å². The highest BCUT2D eigenvalue weighted by Gasteiger charge is 2.74. The molecule has 0 saturated carbocycles. The number of halogens is 2. The second kappa shape index (κ2) is 9.04. The van der Waals surface area contributed by atoms with Crippen LogP contribution in [-0.4, -0.2) is 55.3 Å². The number of hydrogen-bond donors (Lipinski definition) is 2. The third-order valence-corrected chi connectivity index (χ3v) is 8.30. The van der Waals surface area contributed by atoms with Crippen LogP contribution in [0.4, 0.5) is 0 Å². The number of benzene rings is 2. The van der Waals surface area contributed by atoms with Gasteiger partial charge in [0.15, 0.2) is 5.78 Å². The Morgan fingerprint density at radius 1 is 1.14 bits per heavy atom. The predicted molar refractivity (Wildman–Crippen MR) is 132 cm³/mol. The molecule has 0 radical (unpaired) electrons. The molecule has 8 nitrogen and oxygen atoms in total. The summed E-state index contributed by atoms with van der Waals surface area (Å²) < 4.78 is 5.07. The molecule has 4 atom stereocenters. The molecule has 184 valence electrons. The van der Waals surface area contributed by atoms with Gasteiger partial charge >= 0.3 is 5.97 Å². The van der Waals surface area contributed by atoms with Crippen molar-refractivity contribution in [1.29, 1.82) is 0 Å². The van der Waals surface area contributed by atoms with Crippen molar-refractivity contribution in [3.8, 4) is 5.75 Å². The maximum Gasteiger partial charge on any atom is 0.327 e. The molecule has 1 unspecified atom stereocenters. The number of Topliss-reactive ketones (excluding diaryl/α,β-unsaturated/α-hetero) is 1. The summed E-state index contributed by atoms with van der Waals surface area (Å²) in [6.45, 7) is 4.58. The molecule has 0 aromatic heterocycles. The summed E-state index contributed by atoms with van der Waals surface area (Å²) in [5.74, 6) is -3.10. The molecule has 0 aliphatic carbocycles. The number of carbonyl (C=O) groups excluding carboxylic acids is 3. The number of nitrogens with one attached hydrogen (secondary N) is 1. The van der Waals surface area contributed by atoms with Crippen molar-refractivity contribution in [2.45, 2.75) is 48.6 Å². The molecule has 2 aliphatic heterocycles. The zero-order valence-electron chi connectivity index (χ0n) is 19.0. The number of rotatable bonds is 7. The monoisotopic (exact) mass is 536 g/mol. The van der Waals surface area contributed by atoms with Crippen molar-refractivity contribution < 1.29 is 29.0 Å². The molecular formula is C24H22Cl2N2O6S. The van der Waals surface area contributed by atoms with Gasteiger partial charge in [0.25, 0.3) is 11.8 Å². The van der Waals surface area contributed by atoms with Crippen molar-refractivity contribution in [3.05, 3.63) is 64.1 Å². The van der Waals surface area contributed by atoms with E-state index in [1.807, 2.05) is 0 Å². The van der Waals surface area contributed by atoms with Gasteiger partial charge in [-0.1, -0.05) is 53.5 Å². The average Bonchev–Trinajstić information content (AvgIpc) is 3.05. The molecule has 0 spiro atoms. The van der Waals surface area contributed by atoms with Crippen LogP contribution < -0.4 is 10.1 Å². The van der Waals surface area contributed by atoms with Crippen LogP contribution in [0.25, 0.3) is 0 Å². The van der Waals surface area contributed by atoms with Crippen LogP contribution in [0.15, 0.2) is 48.5 Å². The summed E-state index contributed by atoms with van der Waals surface area (Å²) in [5.41, 5.74) is -1.45. The zero-order valence-corrected chi connectivity index (χ0v) is 21.3. The van der Waals surface area contributed by atoms with Gasteiger partial charge in [0.1, 0.15) is 17.2 Å². The van der Waals surface area contributed by atoms with Crippen LogP contribution in [0.1, 0.15) is 32.4 Å². The lowest BCUT2D eigenvalue weighted by Gasteiger charge is -2.51. The minimum atomic E-state index is -1.91. The number of carboxylic acids is 1. The number of thioether (sulfide) groups is 1. The lowest BCUT2D eigenvalue weighted by molar-refractivity contribution is -0.172. The van der Waals surface area contributed by atoms with Gasteiger partial charge in [-0.15, -0.1) is 11.8 Å². The maximum atomic E-state index is 13.6. The molecule has 11 heteroatoms. The van der Waals surface area contributed by atoms with E-state index < -0.39 is 51.4 Å². The lowest BCUT2D eigenvalue weighted by Crippen LogP contribution is -2.82. The second-order valence-electron chi connectivity index (χ2n) is 8.86. The third kappa shape index (κ3) is 4.15. The molecule has 2 amide bonds. The van der Waals surface area contributed by atoms with Crippen LogP contribution in [0.5, 0.6) is 5.75 Å². The standard InChI is InChI=1S/C24H22Cl2N2O6S/c1-12(29)24(21(33)28-18(20(31)32)23(2,3)35-22(24)28)27-19(30)17(13-7-5-4-6-8-13)34-16-10-9-14(25)11-15(16)26/h4-11,17-18,22H,1-3H3,(H,27,30)(H,31,32)/t17?,18-,22+,24-/m0/s1. The smallest absolute Gasteiger partial charge is 0.327 e. The van der Waals surface area contributed by atoms with Gasteiger partial charge in [0, 0.05) is 15.3 Å². The SMILES string of the molecule is CC(=O)[C@]1(NC(=O)C(Oc2ccc(Cl)cc2Cl)c2ccccc2)C(=O)N2[C@@H](C(=O)O)C(C)(C)S[C@@H]21. The normalized spacial score (nSPS) is 25.3. The number of fused-ring (bicyclic) bond motifs is 1. The molecule has 35 heavy (non-hydrogen) atoms. The number of hydrogen-bond acceptors (Lipinski definition) is 6. The third-order valence-electron chi connectivity index (χ3n) is 6.14. The second-order valence-corrected chi connectivity index (χ2v) is 11.4. The fourth-order valence-electron chi connectivity index (χ4n) is 4.45. The summed E-state index contributed by atoms with van der Waals surface area (Å²) in [7, 11) is 0. The Morgan fingerprint density at radius 3 is 2.37 bits per heavy atom. The molecule has 2 saturated heterocycles. The van der Waals surface area contributed by atoms with Crippen molar-refractivity contribution in [3.63, 3.8) is 0 Å². The minimum Gasteiger partial charge on any atom is -0.480 e. The van der Waals surface area contributed by atoms with E-state index in [2.05, 4.69) is 5.32 Å². The van der Waals surface area contributed by atoms with E-state index in [1.165, 1.54) is 19.1 Å². The average molecular weight is 537 g/mol. The van der Waals surface area contributed by atoms with Crippen molar-refractivity contribution in [2.75, 3.05) is 0 Å². The van der Waals surface area contributed by atoms with Gasteiger partial charge < -0.3 is 20.1 Å². The molecule has 4 rings (SSSR count). The number of aliphatic carboxylic acids is 1. The van der Waals surface area contributed by atoms with Crippen molar-refractivity contribution in [2.24, 2.45) is 0 Å². The van der Waals surface area contributed by atoms with E-state index >= 15 is 0 Å². The topological polar surface area (TPSA) is 113 Å². The summed E-state index contributed by atoms with van der Waals surface area (Å²) >= 11 is 13.4. The van der Waals surface area contributed by atoms with Gasteiger partial charge in [-0.25, -0.2) is 4.79 Å². The van der Waals surface area contributed by atoms with Gasteiger partial charge in [-0.3, -0.25) is 14.4 Å². The van der Waals surface area contributed by atoms with Crippen LogP contribution >= 0.6 is 35.0 Å². The molecule has 2 aromatic rings. The number of carbonyl (C=O) groups is 4. The molecule has 2 aromatic carbocycles. The number of ketones is 1. The largest absolute Gasteiger partial charge is 0.480 e. The summed E-state index contributed by atoms with van der Waals surface area (Å²) in [6.07, 6.45) is -1.26. The quantitative estimate of drug-likeness (QED) is 0.409. The Hall–Kier alpha value is -2.75. The molecule has 2 heterocycles. The Balaban J connectivity index is 1.69. The van der Waals surface area contributed by atoms with Crippen molar-refractivity contribution >= 4 is 58.5 Å². The molecule has 2 aliphatic rings. The molecule has 2 N–H and O–H groups in total. The Bertz CT molecular complexity index is 1220. The van der Waals surface area contributed by atoms with Gasteiger partial charge in [0.2, 0.25) is 11.6 Å². The van der Waals surface area contributed by atoms with E-state index in [0.717, 1.165) is 16.7 Å². The summed E-state index contributed by atoms with van der Waals surface area (Å²) in [6, 6.07) is 11.9. The van der Waals surface area contributed by atoms with E-state index in [0.29, 0.717) is 10.6 Å². The van der Waals surface area contributed by atoms with Crippen LogP contribution in [0.2, 0.25) is 10.0 Å². The number of ether oxygens (including phenoxy) is 1. The van der Waals surface area contributed by atoms with Crippen LogP contribution in [0.3, 0.4) is 0 Å². The fourth-order valence-corrected chi connectivity index (χ4v) is 6.65. The molecule has 0 bridgehead atoms. The maximum absolute atomic E-state index is 13.6. The Kier molecular flexibility index (Phi) is 6.54. The first kappa shape index (κ1) is 25.3. The predicted octanol–water partition coefficient (Wildman–Crippen LogP) is 3.70. The van der Waals surface area contributed by atoms with E-state index in [-0.39, 0.29) is 10.8 Å². The molecule has 2 fully saturated rings. The zero-order chi connectivity index (χ0) is 25.7. The van der Waals surface area contributed by atoms with Crippen molar-refractivity contribution in [1.82, 2.24) is 10.2 Å². The van der Waals surface area contributed by atoms with Gasteiger partial charge in [-0.05, 0) is 39.0 Å². The fraction of sp³-hybridized carbons (Fsp3) is 0.333. The number of nitrogens with zero attached hydrogens (tertiary/aromatic N) is 1. The highest BCUT2D eigenvalue weighted by molar-refractivity contribution is 8.01. The Morgan fingerprint density at radius 2 is 1.80 bits per heavy atom. The van der Waals surface area contributed by atoms with Crippen LogP contribution in [0, 0.1) is 0 Å². The van der Waals surface area contributed by atoms with Gasteiger partial charge in [-0.2, -0.15) is 0 Å². The first-order valence-corrected chi connectivity index (χ1v) is 12.3. The lowest BCUT2D eigenvalue weighted by atomic mass is 9.81. The first-order valence-electron chi connectivity index (χ1n) is 10.6. The van der Waals surface area contributed by atoms with E-state index in [4.69, 9.17) is 27.9 Å². The highest BCUT2D eigenvalue weighted by Crippen LogP contribution is 2.55. The number of amides is 2. The van der Waals surface area contributed by atoms with E-state index in [9.17, 15) is 24.3 Å².